The predicted octanol–water partition coefficient (Wildman–Crippen LogP) is 1.12. The summed E-state index contributed by atoms with van der Waals surface area (Å²) in [6, 6.07) is 8.62. The molecule has 2 saturated heterocycles. The van der Waals surface area contributed by atoms with E-state index in [9.17, 15) is 14.4 Å². The van der Waals surface area contributed by atoms with Crippen LogP contribution in [-0.4, -0.2) is 98.3 Å². The third-order valence-electron chi connectivity index (χ3n) is 5.46. The number of morpholine rings is 1. The smallest absolute Gasteiger partial charge is 0.410 e. The number of nitrogens with zero attached hydrogens (tertiary/aromatic N) is 3. The lowest BCUT2D eigenvalue weighted by molar-refractivity contribution is -0.149. The maximum absolute atomic E-state index is 12.7. The number of carbonyl (C=O) groups excluding carboxylic acids is 3. The Morgan fingerprint density at radius 2 is 1.84 bits per heavy atom. The Hall–Kier alpha value is -2.65. The van der Waals surface area contributed by atoms with Gasteiger partial charge in [-0.3, -0.25) is 19.4 Å². The molecular weight excluding hydrogens is 402 g/mol. The van der Waals surface area contributed by atoms with Gasteiger partial charge in [-0.15, -0.1) is 0 Å². The Morgan fingerprint density at radius 3 is 2.52 bits per heavy atom. The highest BCUT2D eigenvalue weighted by molar-refractivity contribution is 5.86. The van der Waals surface area contributed by atoms with Crippen LogP contribution in [0.4, 0.5) is 4.79 Å². The van der Waals surface area contributed by atoms with Crippen LogP contribution in [0.1, 0.15) is 18.4 Å². The van der Waals surface area contributed by atoms with Crippen molar-refractivity contribution < 1.29 is 28.6 Å². The van der Waals surface area contributed by atoms with Crippen LogP contribution in [0.3, 0.4) is 0 Å². The quantitative estimate of drug-likeness (QED) is 0.596. The van der Waals surface area contributed by atoms with E-state index in [1.807, 2.05) is 30.3 Å². The van der Waals surface area contributed by atoms with E-state index in [1.54, 1.807) is 14.1 Å². The van der Waals surface area contributed by atoms with Crippen molar-refractivity contribution in [2.24, 2.45) is 0 Å². The average molecular weight is 434 g/mol. The molecule has 3 rings (SSSR count). The van der Waals surface area contributed by atoms with Gasteiger partial charge >= 0.3 is 12.1 Å². The van der Waals surface area contributed by atoms with Crippen molar-refractivity contribution in [2.45, 2.75) is 31.6 Å². The molecule has 0 spiro atoms. The third-order valence-corrected chi connectivity index (χ3v) is 5.46. The number of ether oxygens (including phenoxy) is 3. The molecule has 9 nitrogen and oxygen atoms in total. The van der Waals surface area contributed by atoms with Gasteiger partial charge in [-0.2, -0.15) is 0 Å². The molecule has 2 amide bonds. The molecule has 2 aliphatic rings. The number of benzene rings is 1. The van der Waals surface area contributed by atoms with Gasteiger partial charge in [-0.05, 0) is 5.56 Å². The van der Waals surface area contributed by atoms with Crippen molar-refractivity contribution in [3.8, 4) is 0 Å². The van der Waals surface area contributed by atoms with Crippen molar-refractivity contribution in [3.05, 3.63) is 35.9 Å². The van der Waals surface area contributed by atoms with Gasteiger partial charge in [0.25, 0.3) is 0 Å². The second-order valence-electron chi connectivity index (χ2n) is 7.99. The lowest BCUT2D eigenvalue weighted by Gasteiger charge is -2.26. The summed E-state index contributed by atoms with van der Waals surface area (Å²) in [5.74, 6) is -0.546. The highest BCUT2D eigenvalue weighted by Crippen LogP contribution is 2.24. The largest absolute Gasteiger partial charge is 0.460 e. The fraction of sp³-hybridized carbons (Fsp3) is 0.591. The first-order valence-electron chi connectivity index (χ1n) is 10.6. The van der Waals surface area contributed by atoms with Crippen LogP contribution in [0, 0.1) is 0 Å². The molecule has 2 fully saturated rings. The van der Waals surface area contributed by atoms with E-state index < -0.39 is 18.2 Å². The number of carbonyl (C=O) groups is 3. The lowest BCUT2D eigenvalue weighted by atomic mass is 10.2. The number of likely N-dealkylation sites (N-methyl/N-ethyl adjacent to an activating group) is 1. The summed E-state index contributed by atoms with van der Waals surface area (Å²) in [5, 5.41) is 0. The molecular formula is C22H31N3O6. The van der Waals surface area contributed by atoms with Crippen molar-refractivity contribution in [1.82, 2.24) is 14.7 Å². The molecule has 0 saturated carbocycles. The van der Waals surface area contributed by atoms with E-state index >= 15 is 0 Å². The maximum atomic E-state index is 12.7. The van der Waals surface area contributed by atoms with Crippen LogP contribution in [0.2, 0.25) is 0 Å². The summed E-state index contributed by atoms with van der Waals surface area (Å²) in [6.45, 7) is 3.81. The minimum Gasteiger partial charge on any atom is -0.460 e. The molecule has 0 bridgehead atoms. The standard InChI is InChI=1S/C22H31N3O6/c1-23(2)21(27)19-14-18(31-20(26)8-9-24-10-12-29-13-11-24)15-25(19)22(28)30-16-17-6-4-3-5-7-17/h3-7,18-19H,8-16H2,1-2H3/t18-,19+/m1/s1. The zero-order valence-electron chi connectivity index (χ0n) is 18.2. The van der Waals surface area contributed by atoms with Crippen LogP contribution in [0.15, 0.2) is 30.3 Å². The van der Waals surface area contributed by atoms with E-state index in [0.29, 0.717) is 19.8 Å². The minimum atomic E-state index is -0.713. The van der Waals surface area contributed by atoms with Gasteiger partial charge < -0.3 is 19.1 Å². The number of hydrogen-bond acceptors (Lipinski definition) is 7. The van der Waals surface area contributed by atoms with Gasteiger partial charge in [0.2, 0.25) is 5.91 Å². The van der Waals surface area contributed by atoms with Crippen LogP contribution in [-0.2, 0) is 30.4 Å². The van der Waals surface area contributed by atoms with Crippen LogP contribution < -0.4 is 0 Å². The molecule has 9 heteroatoms. The van der Waals surface area contributed by atoms with Crippen LogP contribution in [0.5, 0.6) is 0 Å². The zero-order valence-corrected chi connectivity index (χ0v) is 18.2. The van der Waals surface area contributed by atoms with Crippen molar-refractivity contribution in [1.29, 1.82) is 0 Å². The Morgan fingerprint density at radius 1 is 1.13 bits per heavy atom. The van der Waals surface area contributed by atoms with Gasteiger partial charge in [0.05, 0.1) is 26.2 Å². The van der Waals surface area contributed by atoms with Gasteiger partial charge in [0.15, 0.2) is 0 Å². The first-order valence-corrected chi connectivity index (χ1v) is 10.6. The Kier molecular flexibility index (Phi) is 8.25. The topological polar surface area (TPSA) is 88.6 Å². The van der Waals surface area contributed by atoms with Crippen molar-refractivity contribution >= 4 is 18.0 Å². The normalized spacial score (nSPS) is 21.5. The average Bonchev–Trinajstić information content (AvgIpc) is 3.20. The molecule has 0 aliphatic carbocycles. The Bertz CT molecular complexity index is 751. The van der Waals surface area contributed by atoms with Crippen molar-refractivity contribution in [2.75, 3.05) is 53.5 Å². The summed E-state index contributed by atoms with van der Waals surface area (Å²) >= 11 is 0. The van der Waals surface area contributed by atoms with Gasteiger partial charge in [-0.25, -0.2) is 4.79 Å². The minimum absolute atomic E-state index is 0.114. The van der Waals surface area contributed by atoms with E-state index in [2.05, 4.69) is 4.90 Å². The molecule has 170 valence electrons. The second-order valence-corrected chi connectivity index (χ2v) is 7.99. The SMILES string of the molecule is CN(C)C(=O)[C@@H]1C[C@@H](OC(=O)CCN2CCOCC2)CN1C(=O)OCc1ccccc1. The summed E-state index contributed by atoms with van der Waals surface area (Å²) in [7, 11) is 3.27. The van der Waals surface area contributed by atoms with Gasteiger partial charge in [0, 0.05) is 40.2 Å². The van der Waals surface area contributed by atoms with Gasteiger partial charge in [0.1, 0.15) is 18.8 Å². The maximum Gasteiger partial charge on any atom is 0.410 e. The molecule has 2 atom stereocenters. The fourth-order valence-electron chi connectivity index (χ4n) is 3.74. The first kappa shape index (κ1) is 23.0. The van der Waals surface area contributed by atoms with E-state index in [-0.39, 0.29) is 37.9 Å². The molecule has 1 aromatic rings. The number of esters is 1. The number of likely N-dealkylation sites (tertiary alicyclic amines) is 1. The van der Waals surface area contributed by atoms with Gasteiger partial charge in [-0.1, -0.05) is 30.3 Å². The van der Waals surface area contributed by atoms with Crippen molar-refractivity contribution in [3.63, 3.8) is 0 Å². The lowest BCUT2D eigenvalue weighted by Crippen LogP contribution is -2.45. The highest BCUT2D eigenvalue weighted by atomic mass is 16.6. The number of rotatable bonds is 7. The molecule has 1 aromatic carbocycles. The summed E-state index contributed by atoms with van der Waals surface area (Å²) in [4.78, 5) is 42.6. The molecule has 0 N–H and O–H groups in total. The van der Waals surface area contributed by atoms with E-state index in [4.69, 9.17) is 14.2 Å². The summed E-state index contributed by atoms with van der Waals surface area (Å²) in [5.41, 5.74) is 0.858. The van der Waals surface area contributed by atoms with Crippen LogP contribution in [0.25, 0.3) is 0 Å². The fourth-order valence-corrected chi connectivity index (χ4v) is 3.74. The summed E-state index contributed by atoms with van der Waals surface area (Å²) in [6.07, 6.45) is -0.589. The number of hydrogen-bond donors (Lipinski definition) is 0. The van der Waals surface area contributed by atoms with E-state index in [0.717, 1.165) is 18.7 Å². The molecule has 2 heterocycles. The Labute approximate surface area is 182 Å². The summed E-state index contributed by atoms with van der Waals surface area (Å²) < 4.78 is 16.3. The van der Waals surface area contributed by atoms with E-state index in [1.165, 1.54) is 9.80 Å². The third kappa shape index (κ3) is 6.67. The Balaban J connectivity index is 1.54. The molecule has 0 unspecified atom stereocenters. The highest BCUT2D eigenvalue weighted by Gasteiger charge is 2.42. The van der Waals surface area contributed by atoms with Crippen LogP contribution >= 0.6 is 0 Å². The predicted molar refractivity (Wildman–Crippen MR) is 112 cm³/mol. The zero-order chi connectivity index (χ0) is 22.2. The second kappa shape index (κ2) is 11.1. The number of amides is 2. The molecule has 2 aliphatic heterocycles. The molecule has 0 aromatic heterocycles. The molecule has 0 radical (unpaired) electrons. The monoisotopic (exact) mass is 433 g/mol. The first-order chi connectivity index (χ1) is 14.9. The molecule has 31 heavy (non-hydrogen) atoms.